The van der Waals surface area contributed by atoms with E-state index in [2.05, 4.69) is 9.62 Å². The van der Waals surface area contributed by atoms with Crippen LogP contribution in [0.15, 0.2) is 29.2 Å². The summed E-state index contributed by atoms with van der Waals surface area (Å²) in [5.41, 5.74) is 0. The molecule has 4 aliphatic rings. The molecule has 4 heterocycles. The van der Waals surface area contributed by atoms with Gasteiger partial charge in [-0.2, -0.15) is 0 Å². The van der Waals surface area contributed by atoms with Crippen LogP contribution < -0.4 is 4.72 Å². The van der Waals surface area contributed by atoms with Crippen molar-refractivity contribution in [1.82, 2.24) is 9.62 Å². The average Bonchev–Trinajstić information content (AvgIpc) is 3.25. The van der Waals surface area contributed by atoms with E-state index in [-0.39, 0.29) is 10.9 Å². The molecule has 0 aliphatic carbocycles. The Balaban J connectivity index is 1.26. The van der Waals surface area contributed by atoms with Crippen molar-refractivity contribution >= 4 is 10.0 Å². The Morgan fingerprint density at radius 1 is 1.11 bits per heavy atom. The Kier molecular flexibility index (Phi) is 4.98. The summed E-state index contributed by atoms with van der Waals surface area (Å²) < 4.78 is 47.8. The maximum Gasteiger partial charge on any atom is 0.240 e. The van der Waals surface area contributed by atoms with Crippen LogP contribution in [-0.4, -0.2) is 50.2 Å². The van der Waals surface area contributed by atoms with E-state index in [0.717, 1.165) is 38.3 Å². The van der Waals surface area contributed by atoms with Gasteiger partial charge < -0.3 is 4.74 Å². The fourth-order valence-corrected chi connectivity index (χ4v) is 7.29. The maximum absolute atomic E-state index is 13.5. The zero-order valence-electron chi connectivity index (χ0n) is 16.1. The largest absolute Gasteiger partial charge is 0.375 e. The summed E-state index contributed by atoms with van der Waals surface area (Å²) in [7, 11) is -3.69. The lowest BCUT2D eigenvalue weighted by molar-refractivity contribution is 0.00454. The molecule has 6 atom stereocenters. The summed E-state index contributed by atoms with van der Waals surface area (Å²) in [6.45, 7) is 1.10. The maximum atomic E-state index is 13.5. The minimum absolute atomic E-state index is 0.0132. The third-order valence-corrected chi connectivity index (χ3v) is 8.75. The highest BCUT2D eigenvalue weighted by atomic mass is 32.2. The summed E-state index contributed by atoms with van der Waals surface area (Å²) in [4.78, 5) is 2.67. The van der Waals surface area contributed by atoms with Gasteiger partial charge in [-0.1, -0.05) is 12.5 Å². The van der Waals surface area contributed by atoms with Gasteiger partial charge in [0.2, 0.25) is 10.0 Å². The van der Waals surface area contributed by atoms with Gasteiger partial charge in [0, 0.05) is 30.6 Å². The molecule has 1 unspecified atom stereocenters. The number of hydrogen-bond donors (Lipinski definition) is 1. The minimum Gasteiger partial charge on any atom is -0.375 e. The number of piperidine rings is 2. The van der Waals surface area contributed by atoms with E-state index < -0.39 is 15.8 Å². The third-order valence-electron chi connectivity index (χ3n) is 7.23. The molecular formula is C21H29FN2O3S. The molecular weight excluding hydrogens is 379 g/mol. The van der Waals surface area contributed by atoms with Crippen molar-refractivity contribution < 1.29 is 17.5 Å². The molecule has 0 radical (unpaired) electrons. The van der Waals surface area contributed by atoms with Crippen molar-refractivity contribution in [2.75, 3.05) is 6.54 Å². The van der Waals surface area contributed by atoms with Crippen LogP contribution in [0.1, 0.15) is 51.4 Å². The highest BCUT2D eigenvalue weighted by molar-refractivity contribution is 7.89. The van der Waals surface area contributed by atoms with Gasteiger partial charge in [0.15, 0.2) is 0 Å². The summed E-state index contributed by atoms with van der Waals surface area (Å²) in [5.74, 6) is 0.116. The predicted octanol–water partition coefficient (Wildman–Crippen LogP) is 3.06. The summed E-state index contributed by atoms with van der Waals surface area (Å²) in [6, 6.07) is 6.05. The lowest BCUT2D eigenvalue weighted by Gasteiger charge is -2.50. The lowest BCUT2D eigenvalue weighted by Crippen LogP contribution is -2.58. The van der Waals surface area contributed by atoms with Gasteiger partial charge in [-0.15, -0.1) is 0 Å². The Morgan fingerprint density at radius 2 is 1.89 bits per heavy atom. The van der Waals surface area contributed by atoms with Crippen molar-refractivity contribution in [2.45, 2.75) is 86.6 Å². The van der Waals surface area contributed by atoms with Gasteiger partial charge in [0.05, 0.1) is 17.1 Å². The zero-order chi connectivity index (χ0) is 19.3. The van der Waals surface area contributed by atoms with Crippen LogP contribution in [0.3, 0.4) is 0 Å². The molecule has 28 heavy (non-hydrogen) atoms. The standard InChI is InChI=1S/C21H29FN2O3S/c22-15-3-1-6-20(10-15)28(25,26)23-16-11-17-4-2-5-18(12-16)24(17)13-14-9-19-7-8-21(14)27-19/h1,3,6,10,14,16-19,21,23H,2,4-5,7-9,11-13H2/t14-,16?,17-,18+,19+,21-/m1/s1. The number of ether oxygens (including phenoxy) is 1. The van der Waals surface area contributed by atoms with Crippen LogP contribution >= 0.6 is 0 Å². The van der Waals surface area contributed by atoms with Crippen molar-refractivity contribution in [3.63, 3.8) is 0 Å². The fourth-order valence-electron chi connectivity index (χ4n) is 6.00. The molecule has 4 fully saturated rings. The van der Waals surface area contributed by atoms with E-state index in [1.807, 2.05) is 0 Å². The van der Waals surface area contributed by atoms with Crippen molar-refractivity contribution in [1.29, 1.82) is 0 Å². The number of nitrogens with one attached hydrogen (secondary N) is 1. The first-order valence-electron chi connectivity index (χ1n) is 10.7. The number of halogens is 1. The summed E-state index contributed by atoms with van der Waals surface area (Å²) in [5, 5.41) is 0. The van der Waals surface area contributed by atoms with Gasteiger partial charge in [0.25, 0.3) is 0 Å². The summed E-state index contributed by atoms with van der Waals surface area (Å²) >= 11 is 0. The van der Waals surface area contributed by atoms with Crippen LogP contribution in [0.2, 0.25) is 0 Å². The van der Waals surface area contributed by atoms with Crippen LogP contribution in [-0.2, 0) is 14.8 Å². The van der Waals surface area contributed by atoms with Gasteiger partial charge in [-0.25, -0.2) is 17.5 Å². The number of fused-ring (bicyclic) bond motifs is 4. The number of rotatable bonds is 5. The van der Waals surface area contributed by atoms with Gasteiger partial charge >= 0.3 is 0 Å². The lowest BCUT2D eigenvalue weighted by atomic mass is 9.80. The van der Waals surface area contributed by atoms with Crippen LogP contribution in [0.25, 0.3) is 0 Å². The SMILES string of the molecule is O=S(=O)(NC1C[C@H]2CCC[C@@H](C1)N2C[C@H]1C[C@@H]2CC[C@H]1O2)c1cccc(F)c1. The topological polar surface area (TPSA) is 58.6 Å². The highest BCUT2D eigenvalue weighted by Gasteiger charge is 2.45. The van der Waals surface area contributed by atoms with Crippen molar-refractivity contribution in [3.05, 3.63) is 30.1 Å². The van der Waals surface area contributed by atoms with E-state index in [0.29, 0.717) is 30.2 Å². The first kappa shape index (κ1) is 19.0. The molecule has 1 aromatic rings. The van der Waals surface area contributed by atoms with E-state index >= 15 is 0 Å². The molecule has 0 saturated carbocycles. The Bertz CT molecular complexity index is 819. The van der Waals surface area contributed by atoms with E-state index in [9.17, 15) is 12.8 Å². The second-order valence-electron chi connectivity index (χ2n) is 9.05. The molecule has 4 saturated heterocycles. The number of benzene rings is 1. The molecule has 0 amide bonds. The Hall–Kier alpha value is -1.02. The van der Waals surface area contributed by atoms with Crippen LogP contribution in [0.4, 0.5) is 4.39 Å². The molecule has 0 aromatic heterocycles. The third kappa shape index (κ3) is 3.62. The predicted molar refractivity (Wildman–Crippen MR) is 104 cm³/mol. The number of nitrogens with zero attached hydrogens (tertiary/aromatic N) is 1. The molecule has 1 aromatic carbocycles. The average molecular weight is 409 g/mol. The number of hydrogen-bond acceptors (Lipinski definition) is 4. The first-order valence-corrected chi connectivity index (χ1v) is 12.2. The van der Waals surface area contributed by atoms with Gasteiger partial charge in [-0.05, 0) is 63.1 Å². The molecule has 4 aliphatic heterocycles. The second-order valence-corrected chi connectivity index (χ2v) is 10.8. The van der Waals surface area contributed by atoms with Crippen LogP contribution in [0, 0.1) is 11.7 Å². The van der Waals surface area contributed by atoms with E-state index in [1.54, 1.807) is 0 Å². The first-order chi connectivity index (χ1) is 13.5. The Labute approximate surface area is 166 Å². The fraction of sp³-hybridized carbons (Fsp3) is 0.714. The molecule has 7 heteroatoms. The van der Waals surface area contributed by atoms with E-state index in [1.165, 1.54) is 43.9 Å². The number of sulfonamides is 1. The molecule has 1 N–H and O–H groups in total. The smallest absolute Gasteiger partial charge is 0.240 e. The quantitative estimate of drug-likeness (QED) is 0.814. The molecule has 154 valence electrons. The molecule has 5 rings (SSSR count). The Morgan fingerprint density at radius 3 is 2.54 bits per heavy atom. The van der Waals surface area contributed by atoms with Crippen LogP contribution in [0.5, 0.6) is 0 Å². The zero-order valence-corrected chi connectivity index (χ0v) is 16.9. The molecule has 4 bridgehead atoms. The second kappa shape index (κ2) is 7.35. The molecule has 0 spiro atoms. The molecule has 5 nitrogen and oxygen atoms in total. The highest BCUT2D eigenvalue weighted by Crippen LogP contribution is 2.42. The summed E-state index contributed by atoms with van der Waals surface area (Å²) in [6.07, 6.45) is 9.71. The van der Waals surface area contributed by atoms with E-state index in [4.69, 9.17) is 4.74 Å². The van der Waals surface area contributed by atoms with Crippen molar-refractivity contribution in [3.8, 4) is 0 Å². The minimum atomic E-state index is -3.69. The monoisotopic (exact) mass is 408 g/mol. The van der Waals surface area contributed by atoms with Gasteiger partial charge in [0.1, 0.15) is 5.82 Å². The van der Waals surface area contributed by atoms with Gasteiger partial charge in [-0.3, -0.25) is 4.90 Å². The normalized spacial score (nSPS) is 38.0. The van der Waals surface area contributed by atoms with Crippen molar-refractivity contribution in [2.24, 2.45) is 5.92 Å².